The van der Waals surface area contributed by atoms with Crippen molar-refractivity contribution in [3.05, 3.63) is 11.6 Å². The molecule has 1 aliphatic carbocycles. The van der Waals surface area contributed by atoms with E-state index in [2.05, 4.69) is 11.8 Å². The van der Waals surface area contributed by atoms with Crippen molar-refractivity contribution in [2.24, 2.45) is 17.8 Å². The van der Waals surface area contributed by atoms with Crippen LogP contribution in [0.1, 0.15) is 47.0 Å². The Kier molecular flexibility index (Phi) is 4.93. The van der Waals surface area contributed by atoms with Crippen molar-refractivity contribution in [1.82, 2.24) is 4.90 Å². The van der Waals surface area contributed by atoms with Gasteiger partial charge in [0, 0.05) is 19.3 Å². The van der Waals surface area contributed by atoms with Crippen LogP contribution in [0.15, 0.2) is 11.6 Å². The first-order valence-electron chi connectivity index (χ1n) is 11.4. The standard InChI is InChI=1S/C23H31NO7/c1-11-5-7-24(8-6-11)18-14-9-15(29-22(14)27)17-12(2)21(26)30-16(17)10-23(4)20(31-23)19(18)28-13(3)25/h9,11-12,15-20H,5-8,10H2,1-4H3/t12?,15-,16+,17+,18+,19+,20+,23+/m1/s1. The molecule has 0 aromatic heterocycles. The lowest BCUT2D eigenvalue weighted by atomic mass is 9.79. The van der Waals surface area contributed by atoms with Crippen LogP contribution in [0, 0.1) is 17.8 Å². The SMILES string of the molecule is CC(=O)O[C@H]1[C@@H](N2CCC(C)CC2)C2=C[C@@H](OC2=O)[C@@H]2C(C)C(=O)O[C@H]2C[C@]2(C)O[C@@H]12. The second-order valence-electron chi connectivity index (χ2n) is 10.1. The third kappa shape index (κ3) is 3.48. The number of likely N-dealkylation sites (tertiary alicyclic amines) is 1. The molecule has 0 amide bonds. The molecule has 0 spiro atoms. The predicted octanol–water partition coefficient (Wildman–Crippen LogP) is 1.61. The van der Waals surface area contributed by atoms with Crippen molar-refractivity contribution < 1.29 is 33.3 Å². The van der Waals surface area contributed by atoms with Crippen LogP contribution < -0.4 is 0 Å². The summed E-state index contributed by atoms with van der Waals surface area (Å²) in [5, 5.41) is 0. The van der Waals surface area contributed by atoms with Crippen LogP contribution in [0.25, 0.3) is 0 Å². The van der Waals surface area contributed by atoms with Crippen molar-refractivity contribution in [1.29, 1.82) is 0 Å². The zero-order valence-electron chi connectivity index (χ0n) is 18.5. The van der Waals surface area contributed by atoms with Gasteiger partial charge in [-0.3, -0.25) is 14.5 Å². The van der Waals surface area contributed by atoms with Gasteiger partial charge in [0.1, 0.15) is 18.3 Å². The Morgan fingerprint density at radius 1 is 1.19 bits per heavy atom. The van der Waals surface area contributed by atoms with E-state index in [-0.39, 0.29) is 23.9 Å². The van der Waals surface area contributed by atoms with Gasteiger partial charge in [-0.25, -0.2) is 4.79 Å². The number of hydrogen-bond acceptors (Lipinski definition) is 8. The second kappa shape index (κ2) is 7.30. The number of carbonyl (C=O) groups is 3. The summed E-state index contributed by atoms with van der Waals surface area (Å²) in [6.45, 7) is 9.04. The van der Waals surface area contributed by atoms with Crippen LogP contribution in [-0.4, -0.2) is 72.0 Å². The molecule has 0 aromatic carbocycles. The highest BCUT2D eigenvalue weighted by Gasteiger charge is 2.65. The maximum Gasteiger partial charge on any atom is 0.336 e. The van der Waals surface area contributed by atoms with Crippen LogP contribution in [0.3, 0.4) is 0 Å². The van der Waals surface area contributed by atoms with Crippen LogP contribution in [0.2, 0.25) is 0 Å². The molecule has 3 saturated heterocycles. The van der Waals surface area contributed by atoms with E-state index in [1.54, 1.807) is 0 Å². The average molecular weight is 434 g/mol. The fourth-order valence-corrected chi connectivity index (χ4v) is 5.97. The number of nitrogens with zero attached hydrogens (tertiary/aromatic N) is 1. The van der Waals surface area contributed by atoms with Gasteiger partial charge in [-0.2, -0.15) is 0 Å². The minimum absolute atomic E-state index is 0.247. The van der Waals surface area contributed by atoms with Gasteiger partial charge in [0.25, 0.3) is 0 Å². The van der Waals surface area contributed by atoms with E-state index < -0.39 is 41.9 Å². The van der Waals surface area contributed by atoms with Crippen molar-refractivity contribution in [3.8, 4) is 0 Å². The third-order valence-corrected chi connectivity index (χ3v) is 7.84. The quantitative estimate of drug-likeness (QED) is 0.368. The first-order valence-corrected chi connectivity index (χ1v) is 11.4. The summed E-state index contributed by atoms with van der Waals surface area (Å²) in [6, 6.07) is -0.425. The Morgan fingerprint density at radius 2 is 1.90 bits per heavy atom. The topological polar surface area (TPSA) is 94.7 Å². The van der Waals surface area contributed by atoms with E-state index in [0.717, 1.165) is 25.9 Å². The molecule has 0 N–H and O–H groups in total. The minimum atomic E-state index is -0.625. The minimum Gasteiger partial charge on any atom is -0.462 e. The van der Waals surface area contributed by atoms with Crippen molar-refractivity contribution in [2.45, 2.75) is 83.0 Å². The van der Waals surface area contributed by atoms with Crippen LogP contribution in [0.4, 0.5) is 0 Å². The number of epoxide rings is 1. The van der Waals surface area contributed by atoms with Crippen LogP contribution in [-0.2, 0) is 33.3 Å². The summed E-state index contributed by atoms with van der Waals surface area (Å²) < 4.78 is 23.4. The molecule has 5 rings (SSSR count). The van der Waals surface area contributed by atoms with E-state index in [9.17, 15) is 14.4 Å². The highest BCUT2D eigenvalue weighted by Crippen LogP contribution is 2.51. The van der Waals surface area contributed by atoms with Gasteiger partial charge in [-0.15, -0.1) is 0 Å². The fraction of sp³-hybridized carbons (Fsp3) is 0.783. The molecule has 8 nitrogen and oxygen atoms in total. The monoisotopic (exact) mass is 433 g/mol. The van der Waals surface area contributed by atoms with Gasteiger partial charge in [0.05, 0.1) is 23.1 Å². The summed E-state index contributed by atoms with van der Waals surface area (Å²) in [4.78, 5) is 39.8. The normalized spacial score (nSPS) is 45.2. The summed E-state index contributed by atoms with van der Waals surface area (Å²) >= 11 is 0. The van der Waals surface area contributed by atoms with E-state index >= 15 is 0 Å². The maximum absolute atomic E-state index is 13.1. The van der Waals surface area contributed by atoms with Gasteiger partial charge in [0.2, 0.25) is 0 Å². The van der Waals surface area contributed by atoms with Gasteiger partial charge < -0.3 is 18.9 Å². The Bertz CT molecular complexity index is 832. The first-order chi connectivity index (χ1) is 14.7. The molecule has 5 aliphatic rings. The van der Waals surface area contributed by atoms with Gasteiger partial charge >= 0.3 is 17.9 Å². The van der Waals surface area contributed by atoms with Crippen LogP contribution >= 0.6 is 0 Å². The van der Waals surface area contributed by atoms with Gasteiger partial charge in [-0.1, -0.05) is 13.8 Å². The number of fused-ring (bicyclic) bond motifs is 4. The third-order valence-electron chi connectivity index (χ3n) is 7.84. The highest BCUT2D eigenvalue weighted by molar-refractivity contribution is 5.93. The molecular formula is C23H31NO7. The molecule has 8 heteroatoms. The molecule has 2 bridgehead atoms. The van der Waals surface area contributed by atoms with Crippen LogP contribution in [0.5, 0.6) is 0 Å². The second-order valence-corrected chi connectivity index (χ2v) is 10.1. The first kappa shape index (κ1) is 20.9. The lowest BCUT2D eigenvalue weighted by Gasteiger charge is -2.40. The van der Waals surface area contributed by atoms with Crippen molar-refractivity contribution in [3.63, 3.8) is 0 Å². The van der Waals surface area contributed by atoms with E-state index in [1.165, 1.54) is 6.92 Å². The Labute approximate surface area is 182 Å². The summed E-state index contributed by atoms with van der Waals surface area (Å²) in [7, 11) is 0. The number of piperidine rings is 1. The molecule has 1 unspecified atom stereocenters. The van der Waals surface area contributed by atoms with Gasteiger partial charge in [-0.05, 0) is 44.8 Å². The molecule has 4 heterocycles. The molecule has 8 atom stereocenters. The predicted molar refractivity (Wildman–Crippen MR) is 108 cm³/mol. The lowest BCUT2D eigenvalue weighted by Crippen LogP contribution is -2.53. The maximum atomic E-state index is 13.1. The molecule has 0 saturated carbocycles. The van der Waals surface area contributed by atoms with E-state index in [1.807, 2.05) is 19.9 Å². The zero-order chi connectivity index (χ0) is 22.1. The van der Waals surface area contributed by atoms with E-state index in [4.69, 9.17) is 18.9 Å². The number of rotatable bonds is 2. The Hall–Kier alpha value is -1.93. The number of esters is 3. The lowest BCUT2D eigenvalue weighted by molar-refractivity contribution is -0.153. The molecular weight excluding hydrogens is 402 g/mol. The Balaban J connectivity index is 1.58. The smallest absolute Gasteiger partial charge is 0.336 e. The molecule has 0 aromatic rings. The number of ether oxygens (including phenoxy) is 4. The highest BCUT2D eigenvalue weighted by atomic mass is 16.6. The van der Waals surface area contributed by atoms with E-state index in [0.29, 0.717) is 17.9 Å². The number of carbonyl (C=O) groups excluding carboxylic acids is 3. The Morgan fingerprint density at radius 3 is 2.58 bits per heavy atom. The summed E-state index contributed by atoms with van der Waals surface area (Å²) in [5.74, 6) is -1.07. The molecule has 170 valence electrons. The summed E-state index contributed by atoms with van der Waals surface area (Å²) in [6.07, 6.45) is 2.43. The zero-order valence-corrected chi connectivity index (χ0v) is 18.5. The fourth-order valence-electron chi connectivity index (χ4n) is 5.97. The molecule has 31 heavy (non-hydrogen) atoms. The molecule has 4 aliphatic heterocycles. The van der Waals surface area contributed by atoms with Crippen molar-refractivity contribution >= 4 is 17.9 Å². The van der Waals surface area contributed by atoms with Crippen molar-refractivity contribution in [2.75, 3.05) is 13.1 Å². The van der Waals surface area contributed by atoms with Gasteiger partial charge in [0.15, 0.2) is 6.10 Å². The average Bonchev–Trinajstić information content (AvgIpc) is 3.09. The number of hydrogen-bond donors (Lipinski definition) is 0. The molecule has 0 radical (unpaired) electrons. The molecule has 3 fully saturated rings. The largest absolute Gasteiger partial charge is 0.462 e. The summed E-state index contributed by atoms with van der Waals surface area (Å²) in [5.41, 5.74) is -0.0782.